The lowest BCUT2D eigenvalue weighted by atomic mass is 9.85. The number of piperidine rings is 1. The van der Waals surface area contributed by atoms with E-state index in [0.717, 1.165) is 23.4 Å². The molecule has 3 unspecified atom stereocenters. The molecular weight excluding hydrogens is 489 g/mol. The molecule has 3 atom stereocenters. The Morgan fingerprint density at radius 1 is 1.03 bits per heavy atom. The molecule has 35 heavy (non-hydrogen) atoms. The average Bonchev–Trinajstić information content (AvgIpc) is 2.83. The van der Waals surface area contributed by atoms with Crippen molar-refractivity contribution in [2.24, 2.45) is 5.92 Å². The number of nitrogens with zero attached hydrogens (tertiary/aromatic N) is 1. The molecule has 0 spiro atoms. The van der Waals surface area contributed by atoms with Crippen LogP contribution in [-0.4, -0.2) is 40.5 Å². The molecule has 1 heterocycles. The van der Waals surface area contributed by atoms with Gasteiger partial charge < -0.3 is 14.7 Å². The third-order valence-corrected chi connectivity index (χ3v) is 6.38. The van der Waals surface area contributed by atoms with Crippen molar-refractivity contribution in [1.29, 1.82) is 0 Å². The number of carbonyl (C=O) groups excluding carboxylic acids is 2. The van der Waals surface area contributed by atoms with Crippen LogP contribution in [0, 0.1) is 5.92 Å². The molecule has 0 bridgehead atoms. The minimum Gasteiger partial charge on any atom is -0.481 e. The Balaban J connectivity index is 0.000000527. The predicted octanol–water partition coefficient (Wildman–Crippen LogP) is 6.56. The molecule has 1 fully saturated rings. The Hall–Kier alpha value is -2.57. The summed E-state index contributed by atoms with van der Waals surface area (Å²) < 4.78 is 5.39. The third kappa shape index (κ3) is 8.86. The minimum absolute atomic E-state index is 0.232. The van der Waals surface area contributed by atoms with E-state index < -0.39 is 23.9 Å². The Morgan fingerprint density at radius 3 is 2.17 bits per heavy atom. The number of carboxylic acids is 1. The SMILES string of the molecule is CCCCOC(=O)C(CC)N1C(=O)C(CC(=O)O)CCC1c1ccc(Cl)cc1.Clc1ccccc1. The number of unbranched alkanes of at least 4 members (excludes halogenated alkanes) is 1. The van der Waals surface area contributed by atoms with Gasteiger partial charge in [-0.2, -0.15) is 0 Å². The van der Waals surface area contributed by atoms with Crippen molar-refractivity contribution in [3.8, 4) is 0 Å². The molecule has 0 radical (unpaired) electrons. The van der Waals surface area contributed by atoms with Crippen LogP contribution in [0.1, 0.15) is 64.0 Å². The standard InChI is InChI=1S/C21H28ClNO5.C6H5Cl/c1-3-5-12-28-21(27)17(4-2)23-18(14-6-9-16(22)10-7-14)11-8-15(20(23)26)13-19(24)25;7-6-4-2-1-3-5-6/h6-7,9-10,15,17-18H,3-5,8,11-13H2,1-2H3,(H,24,25);1-5H. The number of hydrogen-bond donors (Lipinski definition) is 1. The quantitative estimate of drug-likeness (QED) is 0.298. The summed E-state index contributed by atoms with van der Waals surface area (Å²) in [4.78, 5) is 38.6. The van der Waals surface area contributed by atoms with Gasteiger partial charge in [0.1, 0.15) is 6.04 Å². The van der Waals surface area contributed by atoms with Gasteiger partial charge in [-0.3, -0.25) is 9.59 Å². The van der Waals surface area contributed by atoms with E-state index in [1.54, 1.807) is 17.0 Å². The molecule has 0 aromatic heterocycles. The zero-order valence-electron chi connectivity index (χ0n) is 20.2. The van der Waals surface area contributed by atoms with E-state index in [9.17, 15) is 14.4 Å². The van der Waals surface area contributed by atoms with E-state index in [4.69, 9.17) is 33.0 Å². The summed E-state index contributed by atoms with van der Waals surface area (Å²) in [6.07, 6.45) is 2.89. The lowest BCUT2D eigenvalue weighted by molar-refractivity contribution is -0.163. The van der Waals surface area contributed by atoms with E-state index in [2.05, 4.69) is 0 Å². The van der Waals surface area contributed by atoms with Crippen LogP contribution in [0.15, 0.2) is 54.6 Å². The fraction of sp³-hybridized carbons (Fsp3) is 0.444. The van der Waals surface area contributed by atoms with Gasteiger partial charge in [0, 0.05) is 16.0 Å². The summed E-state index contributed by atoms with van der Waals surface area (Å²) in [5, 5.41) is 10.5. The first-order valence-electron chi connectivity index (χ1n) is 11.9. The Bertz CT molecular complexity index is 952. The molecule has 3 rings (SSSR count). The number of halogens is 2. The number of likely N-dealkylation sites (tertiary alicyclic amines) is 1. The van der Waals surface area contributed by atoms with Gasteiger partial charge in [0.25, 0.3) is 0 Å². The average molecular weight is 522 g/mol. The molecule has 1 aliphatic rings. The van der Waals surface area contributed by atoms with Crippen molar-refractivity contribution in [3.05, 3.63) is 70.2 Å². The Labute approximate surface area is 217 Å². The lowest BCUT2D eigenvalue weighted by Gasteiger charge is -2.42. The topological polar surface area (TPSA) is 83.9 Å². The summed E-state index contributed by atoms with van der Waals surface area (Å²) in [5.74, 6) is -2.37. The molecule has 1 aliphatic heterocycles. The molecule has 2 aromatic rings. The van der Waals surface area contributed by atoms with Gasteiger partial charge in [-0.15, -0.1) is 0 Å². The summed E-state index contributed by atoms with van der Waals surface area (Å²) in [6, 6.07) is 15.6. The van der Waals surface area contributed by atoms with E-state index in [-0.39, 0.29) is 18.4 Å². The highest BCUT2D eigenvalue weighted by Gasteiger charge is 2.42. The number of hydrogen-bond acceptors (Lipinski definition) is 4. The van der Waals surface area contributed by atoms with Crippen LogP contribution < -0.4 is 0 Å². The van der Waals surface area contributed by atoms with E-state index in [1.807, 2.05) is 56.3 Å². The summed E-state index contributed by atoms with van der Waals surface area (Å²) in [5.41, 5.74) is 0.881. The number of ether oxygens (including phenoxy) is 1. The maximum absolute atomic E-state index is 13.2. The normalized spacial score (nSPS) is 18.3. The van der Waals surface area contributed by atoms with Crippen LogP contribution >= 0.6 is 23.2 Å². The van der Waals surface area contributed by atoms with Gasteiger partial charge in [0.05, 0.1) is 19.1 Å². The first-order valence-corrected chi connectivity index (χ1v) is 12.7. The predicted molar refractivity (Wildman–Crippen MR) is 137 cm³/mol. The van der Waals surface area contributed by atoms with E-state index in [0.29, 0.717) is 30.9 Å². The number of benzene rings is 2. The molecule has 0 saturated carbocycles. The van der Waals surface area contributed by atoms with E-state index in [1.165, 1.54) is 0 Å². The van der Waals surface area contributed by atoms with Crippen LogP contribution in [0.5, 0.6) is 0 Å². The Kier molecular flexibility index (Phi) is 12.1. The number of amides is 1. The highest BCUT2D eigenvalue weighted by Crippen LogP contribution is 2.38. The second-order valence-corrected chi connectivity index (χ2v) is 9.30. The van der Waals surface area contributed by atoms with Crippen LogP contribution in [0.2, 0.25) is 10.0 Å². The maximum atomic E-state index is 13.2. The van der Waals surface area contributed by atoms with Crippen LogP contribution in [-0.2, 0) is 19.1 Å². The van der Waals surface area contributed by atoms with E-state index >= 15 is 0 Å². The van der Waals surface area contributed by atoms with Crippen molar-refractivity contribution >= 4 is 41.0 Å². The molecule has 1 N–H and O–H groups in total. The summed E-state index contributed by atoms with van der Waals surface area (Å²) in [7, 11) is 0. The number of aliphatic carboxylic acids is 1. The molecule has 1 amide bonds. The fourth-order valence-electron chi connectivity index (χ4n) is 4.07. The fourth-order valence-corrected chi connectivity index (χ4v) is 4.35. The molecule has 0 aliphatic carbocycles. The molecule has 6 nitrogen and oxygen atoms in total. The van der Waals surface area contributed by atoms with Crippen LogP contribution in [0.3, 0.4) is 0 Å². The first-order chi connectivity index (χ1) is 16.8. The highest BCUT2D eigenvalue weighted by atomic mass is 35.5. The third-order valence-electron chi connectivity index (χ3n) is 5.87. The number of carboxylic acid groups (broad SMARTS) is 1. The lowest BCUT2D eigenvalue weighted by Crippen LogP contribution is -2.52. The maximum Gasteiger partial charge on any atom is 0.328 e. The summed E-state index contributed by atoms with van der Waals surface area (Å²) >= 11 is 11.5. The highest BCUT2D eigenvalue weighted by molar-refractivity contribution is 6.30. The number of esters is 1. The second kappa shape index (κ2) is 14.7. The minimum atomic E-state index is -1.01. The van der Waals surface area contributed by atoms with Crippen LogP contribution in [0.25, 0.3) is 0 Å². The zero-order valence-corrected chi connectivity index (χ0v) is 21.7. The molecule has 190 valence electrons. The molecule has 1 saturated heterocycles. The van der Waals surface area contributed by atoms with Crippen LogP contribution in [0.4, 0.5) is 0 Å². The number of rotatable bonds is 9. The molecule has 2 aromatic carbocycles. The van der Waals surface area contributed by atoms with Crippen molar-refractivity contribution in [2.75, 3.05) is 6.61 Å². The largest absolute Gasteiger partial charge is 0.481 e. The van der Waals surface area contributed by atoms with Gasteiger partial charge in [0.2, 0.25) is 5.91 Å². The Morgan fingerprint density at radius 2 is 1.66 bits per heavy atom. The van der Waals surface area contributed by atoms with Crippen molar-refractivity contribution in [2.45, 2.75) is 64.5 Å². The zero-order chi connectivity index (χ0) is 25.8. The monoisotopic (exact) mass is 521 g/mol. The number of carbonyl (C=O) groups is 3. The van der Waals surface area contributed by atoms with Gasteiger partial charge >= 0.3 is 11.9 Å². The molecule has 8 heteroatoms. The van der Waals surface area contributed by atoms with Crippen molar-refractivity contribution in [3.63, 3.8) is 0 Å². The van der Waals surface area contributed by atoms with Gasteiger partial charge in [0.15, 0.2) is 0 Å². The second-order valence-electron chi connectivity index (χ2n) is 8.43. The van der Waals surface area contributed by atoms with Crippen molar-refractivity contribution < 1.29 is 24.2 Å². The van der Waals surface area contributed by atoms with Gasteiger partial charge in [-0.25, -0.2) is 4.79 Å². The summed E-state index contributed by atoms with van der Waals surface area (Å²) in [6.45, 7) is 4.16. The molecular formula is C27H33Cl2NO5. The first kappa shape index (κ1) is 28.7. The van der Waals surface area contributed by atoms with Crippen molar-refractivity contribution in [1.82, 2.24) is 4.90 Å². The van der Waals surface area contributed by atoms with Gasteiger partial charge in [-0.05, 0) is 55.5 Å². The smallest absolute Gasteiger partial charge is 0.328 e. The van der Waals surface area contributed by atoms with Gasteiger partial charge in [-0.1, -0.05) is 73.8 Å².